The molecule has 28 heavy (non-hydrogen) atoms. The van der Waals surface area contributed by atoms with Crippen LogP contribution in [0.4, 0.5) is 0 Å². The number of rotatable bonds is 7. The highest BCUT2D eigenvalue weighted by molar-refractivity contribution is 5.89. The van der Waals surface area contributed by atoms with Crippen molar-refractivity contribution in [2.24, 2.45) is 5.92 Å². The summed E-state index contributed by atoms with van der Waals surface area (Å²) in [5.41, 5.74) is 0. The van der Waals surface area contributed by atoms with Gasteiger partial charge in [-0.1, -0.05) is 18.2 Å². The zero-order valence-electron chi connectivity index (χ0n) is 16.2. The summed E-state index contributed by atoms with van der Waals surface area (Å²) in [4.78, 5) is 42.3. The van der Waals surface area contributed by atoms with Crippen molar-refractivity contribution in [1.29, 1.82) is 0 Å². The van der Waals surface area contributed by atoms with Gasteiger partial charge in [-0.15, -0.1) is 0 Å². The van der Waals surface area contributed by atoms with Crippen molar-refractivity contribution in [3.05, 3.63) is 30.3 Å². The third kappa shape index (κ3) is 5.01. The Kier molecular flexibility index (Phi) is 6.86. The molecule has 0 aromatic heterocycles. The van der Waals surface area contributed by atoms with Gasteiger partial charge in [0.2, 0.25) is 11.8 Å². The summed E-state index contributed by atoms with van der Waals surface area (Å²) < 4.78 is 10.5. The molecule has 0 saturated carbocycles. The molecule has 0 radical (unpaired) electrons. The lowest BCUT2D eigenvalue weighted by molar-refractivity contribution is -0.142. The summed E-state index contributed by atoms with van der Waals surface area (Å²) in [6.45, 7) is 3.36. The number of amides is 3. The number of hydrogen-bond donors (Lipinski definition) is 0. The van der Waals surface area contributed by atoms with E-state index in [1.165, 1.54) is 0 Å². The van der Waals surface area contributed by atoms with Gasteiger partial charge in [0.05, 0.1) is 12.5 Å². The molecule has 0 spiro atoms. The number of carbonyl (C=O) groups excluding carboxylic acids is 3. The average molecular weight is 389 g/mol. The second kappa shape index (κ2) is 9.54. The predicted molar refractivity (Wildman–Crippen MR) is 102 cm³/mol. The van der Waals surface area contributed by atoms with Crippen LogP contribution in [0.5, 0.6) is 5.75 Å². The smallest absolute Gasteiger partial charge is 0.260 e. The van der Waals surface area contributed by atoms with Crippen LogP contribution in [0, 0.1) is 5.92 Å². The summed E-state index contributed by atoms with van der Waals surface area (Å²) in [5.74, 6) is 0.280. The van der Waals surface area contributed by atoms with Gasteiger partial charge in [-0.2, -0.15) is 0 Å². The van der Waals surface area contributed by atoms with E-state index < -0.39 is 0 Å². The van der Waals surface area contributed by atoms with Crippen molar-refractivity contribution in [2.45, 2.75) is 6.42 Å². The van der Waals surface area contributed by atoms with Gasteiger partial charge < -0.3 is 24.2 Å². The molecule has 0 bridgehead atoms. The van der Waals surface area contributed by atoms with E-state index in [4.69, 9.17) is 9.47 Å². The van der Waals surface area contributed by atoms with Crippen LogP contribution in [0.3, 0.4) is 0 Å². The zero-order valence-corrected chi connectivity index (χ0v) is 16.2. The van der Waals surface area contributed by atoms with E-state index in [2.05, 4.69) is 0 Å². The molecule has 8 nitrogen and oxygen atoms in total. The molecular weight excluding hydrogens is 362 g/mol. The van der Waals surface area contributed by atoms with Gasteiger partial charge >= 0.3 is 0 Å². The standard InChI is InChI=1S/C20H27N3O5/c1-27-12-11-23-14-16(13-18(23)24)20(26)22-9-7-21(8-10-22)19(25)15-28-17-5-3-2-4-6-17/h2-6,16H,7-15H2,1H3. The van der Waals surface area contributed by atoms with E-state index >= 15 is 0 Å². The molecule has 2 aliphatic heterocycles. The third-order valence-corrected chi connectivity index (χ3v) is 5.18. The first-order chi connectivity index (χ1) is 13.6. The topological polar surface area (TPSA) is 79.4 Å². The molecule has 2 heterocycles. The Morgan fingerprint density at radius 1 is 1.07 bits per heavy atom. The second-order valence-corrected chi connectivity index (χ2v) is 7.04. The molecule has 152 valence electrons. The van der Waals surface area contributed by atoms with E-state index in [1.54, 1.807) is 21.8 Å². The van der Waals surface area contributed by atoms with Crippen LogP contribution in [0.1, 0.15) is 6.42 Å². The first-order valence-corrected chi connectivity index (χ1v) is 9.59. The number of ether oxygens (including phenoxy) is 2. The molecule has 1 aromatic carbocycles. The van der Waals surface area contributed by atoms with Crippen molar-refractivity contribution >= 4 is 17.7 Å². The van der Waals surface area contributed by atoms with E-state index in [-0.39, 0.29) is 36.7 Å². The molecule has 2 aliphatic rings. The zero-order chi connectivity index (χ0) is 19.9. The Bertz CT molecular complexity index is 688. The molecule has 2 saturated heterocycles. The van der Waals surface area contributed by atoms with Crippen molar-refractivity contribution in [2.75, 3.05) is 59.6 Å². The van der Waals surface area contributed by atoms with Gasteiger partial charge in [0.25, 0.3) is 5.91 Å². The number of carbonyl (C=O) groups is 3. The van der Waals surface area contributed by atoms with E-state index in [0.29, 0.717) is 51.6 Å². The fraction of sp³-hybridized carbons (Fsp3) is 0.550. The van der Waals surface area contributed by atoms with Gasteiger partial charge in [0.15, 0.2) is 6.61 Å². The molecule has 3 rings (SSSR count). The maximum atomic E-state index is 12.7. The lowest BCUT2D eigenvalue weighted by Gasteiger charge is -2.35. The highest BCUT2D eigenvalue weighted by Crippen LogP contribution is 2.21. The molecule has 8 heteroatoms. The quantitative estimate of drug-likeness (QED) is 0.667. The normalized spacial score (nSPS) is 19.8. The number of para-hydroxylation sites is 1. The van der Waals surface area contributed by atoms with Crippen LogP contribution < -0.4 is 4.74 Å². The highest BCUT2D eigenvalue weighted by atomic mass is 16.5. The molecule has 1 unspecified atom stereocenters. The van der Waals surface area contributed by atoms with Crippen molar-refractivity contribution in [3.8, 4) is 5.75 Å². The molecular formula is C20H27N3O5. The summed E-state index contributed by atoms with van der Waals surface area (Å²) in [6, 6.07) is 9.22. The van der Waals surface area contributed by atoms with Gasteiger partial charge in [0, 0.05) is 52.8 Å². The maximum Gasteiger partial charge on any atom is 0.260 e. The molecule has 1 aromatic rings. The van der Waals surface area contributed by atoms with Crippen LogP contribution >= 0.6 is 0 Å². The second-order valence-electron chi connectivity index (χ2n) is 7.04. The van der Waals surface area contributed by atoms with Crippen LogP contribution in [0.15, 0.2) is 30.3 Å². The van der Waals surface area contributed by atoms with E-state index in [1.807, 2.05) is 30.3 Å². The summed E-state index contributed by atoms with van der Waals surface area (Å²) >= 11 is 0. The molecule has 1 atom stereocenters. The lowest BCUT2D eigenvalue weighted by atomic mass is 10.1. The molecule has 2 fully saturated rings. The van der Waals surface area contributed by atoms with Gasteiger partial charge in [-0.3, -0.25) is 14.4 Å². The first-order valence-electron chi connectivity index (χ1n) is 9.59. The number of likely N-dealkylation sites (tertiary alicyclic amines) is 1. The monoisotopic (exact) mass is 389 g/mol. The summed E-state index contributed by atoms with van der Waals surface area (Å²) in [6.07, 6.45) is 0.257. The minimum absolute atomic E-state index is 0.000835. The largest absolute Gasteiger partial charge is 0.484 e. The van der Waals surface area contributed by atoms with Crippen LogP contribution in [0.2, 0.25) is 0 Å². The Hall–Kier alpha value is -2.61. The third-order valence-electron chi connectivity index (χ3n) is 5.18. The molecule has 3 amide bonds. The fourth-order valence-electron chi connectivity index (χ4n) is 3.54. The van der Waals surface area contributed by atoms with Crippen molar-refractivity contribution in [3.63, 3.8) is 0 Å². The number of methoxy groups -OCH3 is 1. The first kappa shape index (κ1) is 20.1. The van der Waals surface area contributed by atoms with Crippen molar-refractivity contribution in [1.82, 2.24) is 14.7 Å². The minimum atomic E-state index is -0.298. The predicted octanol–water partition coefficient (Wildman–Crippen LogP) is 0.231. The Morgan fingerprint density at radius 3 is 2.43 bits per heavy atom. The van der Waals surface area contributed by atoms with Crippen molar-refractivity contribution < 1.29 is 23.9 Å². The van der Waals surface area contributed by atoms with E-state index in [9.17, 15) is 14.4 Å². The van der Waals surface area contributed by atoms with Crippen LogP contribution in [-0.2, 0) is 19.1 Å². The van der Waals surface area contributed by atoms with Gasteiger partial charge in [-0.05, 0) is 12.1 Å². The Labute approximate surface area is 165 Å². The minimum Gasteiger partial charge on any atom is -0.484 e. The fourth-order valence-corrected chi connectivity index (χ4v) is 3.54. The average Bonchev–Trinajstić information content (AvgIpc) is 3.11. The molecule has 0 N–H and O–H groups in total. The van der Waals surface area contributed by atoms with E-state index in [0.717, 1.165) is 0 Å². The number of benzene rings is 1. The Morgan fingerprint density at radius 2 is 1.75 bits per heavy atom. The maximum absolute atomic E-state index is 12.7. The van der Waals surface area contributed by atoms with Crippen LogP contribution in [0.25, 0.3) is 0 Å². The number of piperazine rings is 1. The highest BCUT2D eigenvalue weighted by Gasteiger charge is 2.37. The van der Waals surface area contributed by atoms with Gasteiger partial charge in [0.1, 0.15) is 5.75 Å². The lowest BCUT2D eigenvalue weighted by Crippen LogP contribution is -2.53. The summed E-state index contributed by atoms with van der Waals surface area (Å²) in [5, 5.41) is 0. The SMILES string of the molecule is COCCN1CC(C(=O)N2CCN(C(=O)COc3ccccc3)CC2)CC1=O. The van der Waals surface area contributed by atoms with Gasteiger partial charge in [-0.25, -0.2) is 0 Å². The summed E-state index contributed by atoms with van der Waals surface area (Å²) in [7, 11) is 1.59. The molecule has 0 aliphatic carbocycles. The Balaban J connectivity index is 1.42. The van der Waals surface area contributed by atoms with Crippen LogP contribution in [-0.4, -0.2) is 92.0 Å². The number of nitrogens with zero attached hydrogens (tertiary/aromatic N) is 3. The number of hydrogen-bond acceptors (Lipinski definition) is 5.